The fraction of sp³-hybridized carbons (Fsp3) is 0.273. The number of hydrogen-bond acceptors (Lipinski definition) is 4. The summed E-state index contributed by atoms with van der Waals surface area (Å²) in [6.07, 6.45) is 1.60. The minimum Gasteiger partial charge on any atom is -0.485 e. The fourth-order valence-corrected chi connectivity index (χ4v) is 3.75. The highest BCUT2D eigenvalue weighted by Crippen LogP contribution is 2.26. The van der Waals surface area contributed by atoms with Gasteiger partial charge in [-0.1, -0.05) is 30.3 Å². The Morgan fingerprint density at radius 1 is 1.10 bits per heavy atom. The van der Waals surface area contributed by atoms with Crippen molar-refractivity contribution in [3.63, 3.8) is 0 Å². The molecule has 1 saturated heterocycles. The number of amides is 1. The van der Waals surface area contributed by atoms with E-state index < -0.39 is 23.9 Å². The summed E-state index contributed by atoms with van der Waals surface area (Å²) in [4.78, 5) is 26.7. The molecule has 1 aliphatic heterocycles. The van der Waals surface area contributed by atoms with Gasteiger partial charge in [0.25, 0.3) is 0 Å². The molecule has 2 atom stereocenters. The molecule has 2 heterocycles. The number of benzene rings is 2. The molecule has 0 aliphatic carbocycles. The Bertz CT molecular complexity index is 1050. The first-order valence-corrected chi connectivity index (χ1v) is 9.39. The molecule has 0 N–H and O–H groups in total. The molecular weight excluding hydrogens is 375 g/mol. The Labute approximate surface area is 167 Å². The third-order valence-corrected chi connectivity index (χ3v) is 5.17. The van der Waals surface area contributed by atoms with Crippen molar-refractivity contribution in [2.24, 2.45) is 0 Å². The highest BCUT2D eigenvalue weighted by molar-refractivity contribution is 5.87. The summed E-state index contributed by atoms with van der Waals surface area (Å²) >= 11 is 0. The first kappa shape index (κ1) is 19.0. The number of methoxy groups -OCH3 is 1. The summed E-state index contributed by atoms with van der Waals surface area (Å²) in [5, 5.41) is 1.03. The highest BCUT2D eigenvalue weighted by Gasteiger charge is 2.41. The van der Waals surface area contributed by atoms with Gasteiger partial charge in [0.15, 0.2) is 11.6 Å². The number of ether oxygens (including phenoxy) is 2. The van der Waals surface area contributed by atoms with Crippen LogP contribution in [0, 0.1) is 5.82 Å². The van der Waals surface area contributed by atoms with Crippen molar-refractivity contribution in [3.05, 3.63) is 66.6 Å². The van der Waals surface area contributed by atoms with Gasteiger partial charge in [-0.2, -0.15) is 0 Å². The molecule has 2 aromatic carbocycles. The summed E-state index contributed by atoms with van der Waals surface area (Å²) < 4.78 is 26.4. The maximum absolute atomic E-state index is 13.9. The van der Waals surface area contributed by atoms with E-state index in [4.69, 9.17) is 9.47 Å². The van der Waals surface area contributed by atoms with Crippen LogP contribution in [0.2, 0.25) is 0 Å². The second kappa shape index (κ2) is 7.95. The first-order chi connectivity index (χ1) is 14.1. The fourth-order valence-electron chi connectivity index (χ4n) is 3.75. The van der Waals surface area contributed by atoms with Crippen molar-refractivity contribution in [2.75, 3.05) is 13.7 Å². The normalized spacial score (nSPS) is 18.8. The summed E-state index contributed by atoms with van der Waals surface area (Å²) in [5.74, 6) is -1.10. The molecule has 1 aliphatic rings. The Hall–Kier alpha value is -3.35. The van der Waals surface area contributed by atoms with Crippen LogP contribution in [0.15, 0.2) is 60.8 Å². The van der Waals surface area contributed by atoms with E-state index in [0.717, 1.165) is 10.9 Å². The molecule has 1 amide bonds. The lowest BCUT2D eigenvalue weighted by atomic mass is 10.2. The van der Waals surface area contributed by atoms with Gasteiger partial charge in [0.05, 0.1) is 13.7 Å². The number of aromatic nitrogens is 1. The zero-order valence-electron chi connectivity index (χ0n) is 16.0. The molecule has 1 fully saturated rings. The van der Waals surface area contributed by atoms with E-state index in [-0.39, 0.29) is 31.2 Å². The third-order valence-electron chi connectivity index (χ3n) is 5.17. The van der Waals surface area contributed by atoms with Crippen LogP contribution in [0.3, 0.4) is 0 Å². The zero-order valence-corrected chi connectivity index (χ0v) is 16.0. The number of halogens is 1. The van der Waals surface area contributed by atoms with Gasteiger partial charge in [0, 0.05) is 18.1 Å². The average Bonchev–Trinajstić information content (AvgIpc) is 3.34. The van der Waals surface area contributed by atoms with E-state index in [0.29, 0.717) is 0 Å². The summed E-state index contributed by atoms with van der Waals surface area (Å²) in [7, 11) is 1.29. The zero-order chi connectivity index (χ0) is 20.4. The monoisotopic (exact) mass is 396 g/mol. The molecule has 0 spiro atoms. The van der Waals surface area contributed by atoms with E-state index in [1.165, 1.54) is 24.1 Å². The lowest BCUT2D eigenvalue weighted by Gasteiger charge is -2.22. The van der Waals surface area contributed by atoms with Crippen LogP contribution in [0.4, 0.5) is 4.39 Å². The van der Waals surface area contributed by atoms with Crippen LogP contribution in [-0.4, -0.2) is 47.1 Å². The van der Waals surface area contributed by atoms with Crippen molar-refractivity contribution in [2.45, 2.75) is 25.1 Å². The molecule has 1 aromatic heterocycles. The number of rotatable bonds is 5. The molecule has 7 heteroatoms. The molecule has 0 bridgehead atoms. The van der Waals surface area contributed by atoms with Gasteiger partial charge in [-0.05, 0) is 29.7 Å². The number of carbonyl (C=O) groups excluding carboxylic acids is 2. The maximum atomic E-state index is 13.9. The van der Waals surface area contributed by atoms with Crippen LogP contribution in [0.5, 0.6) is 5.75 Å². The lowest BCUT2D eigenvalue weighted by molar-refractivity contribution is -0.151. The topological polar surface area (TPSA) is 60.8 Å². The van der Waals surface area contributed by atoms with E-state index in [1.54, 1.807) is 12.1 Å². The Kier molecular flexibility index (Phi) is 5.20. The van der Waals surface area contributed by atoms with Gasteiger partial charge >= 0.3 is 5.97 Å². The molecule has 6 nitrogen and oxygen atoms in total. The predicted molar refractivity (Wildman–Crippen MR) is 105 cm³/mol. The molecule has 0 radical (unpaired) electrons. The average molecular weight is 396 g/mol. The van der Waals surface area contributed by atoms with Gasteiger partial charge < -0.3 is 18.9 Å². The van der Waals surface area contributed by atoms with Crippen LogP contribution in [0.1, 0.15) is 6.42 Å². The number of fused-ring (bicyclic) bond motifs is 1. The van der Waals surface area contributed by atoms with Crippen LogP contribution >= 0.6 is 0 Å². The number of esters is 1. The molecule has 3 aromatic rings. The number of para-hydroxylation sites is 2. The minimum atomic E-state index is -0.758. The van der Waals surface area contributed by atoms with Crippen molar-refractivity contribution >= 4 is 22.8 Å². The van der Waals surface area contributed by atoms with Crippen LogP contribution < -0.4 is 4.74 Å². The number of likely N-dealkylation sites (tertiary alicyclic amines) is 1. The second-order valence-electron chi connectivity index (χ2n) is 6.99. The standard InChI is InChI=1S/C22H21FN2O4/c1-28-22(27)19-12-16(29-20-9-5-3-7-17(20)23)13-25(19)21(26)14-24-11-10-15-6-2-4-8-18(15)24/h2-11,16,19H,12-14H2,1H3. The van der Waals surface area contributed by atoms with E-state index in [1.807, 2.05) is 41.1 Å². The van der Waals surface area contributed by atoms with Crippen LogP contribution in [0.25, 0.3) is 10.9 Å². The number of hydrogen-bond donors (Lipinski definition) is 0. The van der Waals surface area contributed by atoms with Crippen molar-refractivity contribution < 1.29 is 23.5 Å². The van der Waals surface area contributed by atoms with Gasteiger partial charge in [-0.3, -0.25) is 4.79 Å². The molecule has 2 unspecified atom stereocenters. The predicted octanol–water partition coefficient (Wildman–Crippen LogP) is 3.00. The van der Waals surface area contributed by atoms with E-state index in [2.05, 4.69) is 0 Å². The van der Waals surface area contributed by atoms with Gasteiger partial charge in [0.2, 0.25) is 5.91 Å². The van der Waals surface area contributed by atoms with E-state index >= 15 is 0 Å². The largest absolute Gasteiger partial charge is 0.485 e. The SMILES string of the molecule is COC(=O)C1CC(Oc2ccccc2F)CN1C(=O)Cn1ccc2ccccc21. The number of nitrogens with zero attached hydrogens (tertiary/aromatic N) is 2. The molecule has 29 heavy (non-hydrogen) atoms. The smallest absolute Gasteiger partial charge is 0.328 e. The highest BCUT2D eigenvalue weighted by atomic mass is 19.1. The maximum Gasteiger partial charge on any atom is 0.328 e. The minimum absolute atomic E-state index is 0.0907. The Balaban J connectivity index is 1.52. The van der Waals surface area contributed by atoms with Gasteiger partial charge in [-0.15, -0.1) is 0 Å². The lowest BCUT2D eigenvalue weighted by Crippen LogP contribution is -2.42. The number of carbonyl (C=O) groups is 2. The van der Waals surface area contributed by atoms with Crippen molar-refractivity contribution in [1.82, 2.24) is 9.47 Å². The van der Waals surface area contributed by atoms with Gasteiger partial charge in [0.1, 0.15) is 18.7 Å². The van der Waals surface area contributed by atoms with Crippen molar-refractivity contribution in [3.8, 4) is 5.75 Å². The third kappa shape index (κ3) is 3.81. The summed E-state index contributed by atoms with van der Waals surface area (Å²) in [5.41, 5.74) is 0.939. The molecular formula is C22H21FN2O4. The van der Waals surface area contributed by atoms with Gasteiger partial charge in [-0.25, -0.2) is 9.18 Å². The Morgan fingerprint density at radius 2 is 1.86 bits per heavy atom. The van der Waals surface area contributed by atoms with E-state index in [9.17, 15) is 14.0 Å². The Morgan fingerprint density at radius 3 is 2.66 bits per heavy atom. The molecule has 150 valence electrons. The quantitative estimate of drug-likeness (QED) is 0.622. The summed E-state index contributed by atoms with van der Waals surface area (Å²) in [6, 6.07) is 15.0. The molecule has 0 saturated carbocycles. The summed E-state index contributed by atoms with van der Waals surface area (Å²) in [6.45, 7) is 0.277. The molecule has 4 rings (SSSR count). The second-order valence-corrected chi connectivity index (χ2v) is 6.99. The first-order valence-electron chi connectivity index (χ1n) is 9.39. The van der Waals surface area contributed by atoms with Crippen molar-refractivity contribution in [1.29, 1.82) is 0 Å². The van der Waals surface area contributed by atoms with Crippen LogP contribution in [-0.2, 0) is 20.9 Å².